The van der Waals surface area contributed by atoms with Gasteiger partial charge in [0.1, 0.15) is 5.82 Å². The number of aromatic nitrogens is 2. The van der Waals surface area contributed by atoms with Crippen LogP contribution in [-0.2, 0) is 6.54 Å². The third-order valence-corrected chi connectivity index (χ3v) is 5.38. The molecule has 1 fully saturated rings. The summed E-state index contributed by atoms with van der Waals surface area (Å²) in [5, 5.41) is 16.3. The van der Waals surface area contributed by atoms with E-state index in [-0.39, 0.29) is 5.82 Å². The highest BCUT2D eigenvalue weighted by Gasteiger charge is 2.23. The van der Waals surface area contributed by atoms with Crippen molar-refractivity contribution in [2.24, 2.45) is 0 Å². The van der Waals surface area contributed by atoms with Gasteiger partial charge >= 0.3 is 5.97 Å². The van der Waals surface area contributed by atoms with Crippen LogP contribution in [0.5, 0.6) is 0 Å². The van der Waals surface area contributed by atoms with Crippen molar-refractivity contribution in [3.05, 3.63) is 77.2 Å². The van der Waals surface area contributed by atoms with E-state index in [1.807, 2.05) is 18.3 Å². The van der Waals surface area contributed by atoms with Gasteiger partial charge in [-0.15, -0.1) is 0 Å². The summed E-state index contributed by atoms with van der Waals surface area (Å²) >= 11 is 0. The third kappa shape index (κ3) is 3.97. The Morgan fingerprint density at radius 2 is 1.93 bits per heavy atom. The van der Waals surface area contributed by atoms with Gasteiger partial charge in [-0.1, -0.05) is 12.1 Å². The van der Waals surface area contributed by atoms with Crippen molar-refractivity contribution in [1.29, 1.82) is 0 Å². The predicted molar refractivity (Wildman–Crippen MR) is 105 cm³/mol. The zero-order valence-corrected chi connectivity index (χ0v) is 15.4. The fraction of sp³-hybridized carbons (Fsp3) is 0.273. The molecule has 6 heteroatoms. The van der Waals surface area contributed by atoms with E-state index >= 15 is 0 Å². The Hall–Kier alpha value is -2.99. The van der Waals surface area contributed by atoms with Crippen molar-refractivity contribution in [1.82, 2.24) is 15.1 Å². The molecule has 1 unspecified atom stereocenters. The Labute approximate surface area is 162 Å². The Bertz CT molecular complexity index is 951. The molecule has 1 atom stereocenters. The second kappa shape index (κ2) is 7.94. The van der Waals surface area contributed by atoms with Gasteiger partial charge in [-0.25, -0.2) is 9.18 Å². The molecular formula is C22H22FN3O2. The summed E-state index contributed by atoms with van der Waals surface area (Å²) in [5.74, 6) is -0.763. The van der Waals surface area contributed by atoms with Crippen LogP contribution in [-0.4, -0.2) is 39.3 Å². The summed E-state index contributed by atoms with van der Waals surface area (Å²) in [5.41, 5.74) is 4.44. The van der Waals surface area contributed by atoms with Crippen LogP contribution >= 0.6 is 0 Å². The van der Waals surface area contributed by atoms with Gasteiger partial charge in [-0.05, 0) is 67.3 Å². The summed E-state index contributed by atoms with van der Waals surface area (Å²) in [6.45, 7) is 2.70. The summed E-state index contributed by atoms with van der Waals surface area (Å²) in [6, 6.07) is 13.7. The number of nitrogens with zero attached hydrogens (tertiary/aromatic N) is 2. The molecule has 0 aliphatic carbocycles. The second-order valence-electron chi connectivity index (χ2n) is 7.28. The number of nitrogens with one attached hydrogen (secondary N) is 1. The van der Waals surface area contributed by atoms with E-state index in [4.69, 9.17) is 5.11 Å². The molecule has 2 N–H and O–H groups in total. The van der Waals surface area contributed by atoms with Crippen molar-refractivity contribution < 1.29 is 14.3 Å². The lowest BCUT2D eigenvalue weighted by Crippen LogP contribution is -2.33. The molecular weight excluding hydrogens is 357 g/mol. The highest BCUT2D eigenvalue weighted by Crippen LogP contribution is 2.29. The standard InChI is InChI=1S/C22H22FN3O2/c23-20-9-7-16(8-10-20)21-19(12-24-25-21)14-26-11-1-2-18(13-26)15-3-5-17(6-4-15)22(27)28/h3-10,12,18H,1-2,11,13-14H2,(H,24,25)(H,27,28). The number of benzene rings is 2. The Balaban J connectivity index is 1.47. The number of carboxylic acids is 1. The minimum Gasteiger partial charge on any atom is -0.478 e. The highest BCUT2D eigenvalue weighted by atomic mass is 19.1. The van der Waals surface area contributed by atoms with Crippen molar-refractivity contribution >= 4 is 5.97 Å². The van der Waals surface area contributed by atoms with E-state index in [0.717, 1.165) is 49.3 Å². The number of H-pyrrole nitrogens is 1. The molecule has 2 heterocycles. The highest BCUT2D eigenvalue weighted by molar-refractivity contribution is 5.87. The first-order valence-electron chi connectivity index (χ1n) is 9.44. The molecule has 0 bridgehead atoms. The number of halogens is 1. The van der Waals surface area contributed by atoms with Gasteiger partial charge in [0.2, 0.25) is 0 Å². The number of carboxylic acid groups (broad SMARTS) is 1. The van der Waals surface area contributed by atoms with Gasteiger partial charge in [0.15, 0.2) is 0 Å². The fourth-order valence-electron chi connectivity index (χ4n) is 3.91. The van der Waals surface area contributed by atoms with Crippen LogP contribution in [0.4, 0.5) is 4.39 Å². The van der Waals surface area contributed by atoms with Gasteiger partial charge in [-0.3, -0.25) is 10.00 Å². The number of carbonyl (C=O) groups is 1. The maximum atomic E-state index is 13.2. The molecule has 1 aliphatic rings. The average molecular weight is 379 g/mol. The van der Waals surface area contributed by atoms with Gasteiger partial charge < -0.3 is 5.11 Å². The molecule has 2 aromatic carbocycles. The molecule has 1 aliphatic heterocycles. The quantitative estimate of drug-likeness (QED) is 0.694. The average Bonchev–Trinajstić information content (AvgIpc) is 3.17. The van der Waals surface area contributed by atoms with E-state index in [9.17, 15) is 9.18 Å². The van der Waals surface area contributed by atoms with E-state index in [1.165, 1.54) is 17.7 Å². The van der Waals surface area contributed by atoms with Crippen LogP contribution in [0.3, 0.4) is 0 Å². The van der Waals surface area contributed by atoms with Gasteiger partial charge in [0.25, 0.3) is 0 Å². The minimum absolute atomic E-state index is 0.252. The second-order valence-corrected chi connectivity index (χ2v) is 7.28. The Morgan fingerprint density at radius 3 is 2.64 bits per heavy atom. The monoisotopic (exact) mass is 379 g/mol. The largest absolute Gasteiger partial charge is 0.478 e. The molecule has 1 aromatic heterocycles. The number of rotatable bonds is 5. The Kier molecular flexibility index (Phi) is 5.21. The lowest BCUT2D eigenvalue weighted by atomic mass is 9.90. The maximum Gasteiger partial charge on any atom is 0.335 e. The summed E-state index contributed by atoms with van der Waals surface area (Å²) < 4.78 is 13.2. The zero-order chi connectivity index (χ0) is 19.5. The molecule has 0 saturated carbocycles. The number of aromatic amines is 1. The number of aromatic carboxylic acids is 1. The van der Waals surface area contributed by atoms with Crippen LogP contribution in [0.2, 0.25) is 0 Å². The van der Waals surface area contributed by atoms with Crippen LogP contribution in [0.1, 0.15) is 40.2 Å². The topological polar surface area (TPSA) is 69.2 Å². The summed E-state index contributed by atoms with van der Waals surface area (Å²) in [7, 11) is 0. The molecule has 144 valence electrons. The van der Waals surface area contributed by atoms with Crippen molar-refractivity contribution in [3.8, 4) is 11.3 Å². The van der Waals surface area contributed by atoms with Gasteiger partial charge in [0.05, 0.1) is 17.5 Å². The first-order chi connectivity index (χ1) is 13.6. The number of hydrogen-bond donors (Lipinski definition) is 2. The normalized spacial score (nSPS) is 17.5. The SMILES string of the molecule is O=C(O)c1ccc(C2CCCN(Cc3cn[nH]c3-c3ccc(F)cc3)C2)cc1. The lowest BCUT2D eigenvalue weighted by Gasteiger charge is -2.33. The lowest BCUT2D eigenvalue weighted by molar-refractivity contribution is 0.0697. The molecule has 1 saturated heterocycles. The third-order valence-electron chi connectivity index (χ3n) is 5.38. The van der Waals surface area contributed by atoms with Crippen LogP contribution in [0, 0.1) is 5.82 Å². The number of hydrogen-bond acceptors (Lipinski definition) is 3. The van der Waals surface area contributed by atoms with E-state index in [2.05, 4.69) is 15.1 Å². The van der Waals surface area contributed by atoms with Crippen molar-refractivity contribution in [2.75, 3.05) is 13.1 Å². The van der Waals surface area contributed by atoms with Crippen LogP contribution in [0.15, 0.2) is 54.7 Å². The van der Waals surface area contributed by atoms with E-state index < -0.39 is 5.97 Å². The summed E-state index contributed by atoms with van der Waals surface area (Å²) in [6.07, 6.45) is 4.03. The zero-order valence-electron chi connectivity index (χ0n) is 15.4. The molecule has 0 spiro atoms. The van der Waals surface area contributed by atoms with Crippen molar-refractivity contribution in [2.45, 2.75) is 25.3 Å². The number of likely N-dealkylation sites (tertiary alicyclic amines) is 1. The first kappa shape index (κ1) is 18.4. The molecule has 4 rings (SSSR count). The molecule has 0 amide bonds. The van der Waals surface area contributed by atoms with Gasteiger partial charge in [-0.2, -0.15) is 5.10 Å². The molecule has 28 heavy (non-hydrogen) atoms. The van der Waals surface area contributed by atoms with Crippen LogP contribution in [0.25, 0.3) is 11.3 Å². The first-order valence-corrected chi connectivity index (χ1v) is 9.44. The predicted octanol–water partition coefficient (Wildman–Crippen LogP) is 4.29. The number of piperidine rings is 1. The van der Waals surface area contributed by atoms with Gasteiger partial charge in [0, 0.05) is 24.2 Å². The summed E-state index contributed by atoms with van der Waals surface area (Å²) in [4.78, 5) is 13.4. The molecule has 0 radical (unpaired) electrons. The molecule has 5 nitrogen and oxygen atoms in total. The Morgan fingerprint density at radius 1 is 1.18 bits per heavy atom. The smallest absolute Gasteiger partial charge is 0.335 e. The minimum atomic E-state index is -0.898. The van der Waals surface area contributed by atoms with Crippen LogP contribution < -0.4 is 0 Å². The molecule has 3 aromatic rings. The maximum absolute atomic E-state index is 13.2. The van der Waals surface area contributed by atoms with Crippen molar-refractivity contribution in [3.63, 3.8) is 0 Å². The van der Waals surface area contributed by atoms with E-state index in [1.54, 1.807) is 24.3 Å². The van der Waals surface area contributed by atoms with E-state index in [0.29, 0.717) is 11.5 Å². The fourth-order valence-corrected chi connectivity index (χ4v) is 3.91.